The second-order valence-electron chi connectivity index (χ2n) is 13.7. The molecule has 11 aromatic rings. The molecule has 0 bridgehead atoms. The fourth-order valence-corrected chi connectivity index (χ4v) is 8.94. The van der Waals surface area contributed by atoms with E-state index < -0.39 is 0 Å². The van der Waals surface area contributed by atoms with E-state index in [9.17, 15) is 0 Å². The molecular formula is C48H31N. The van der Waals surface area contributed by atoms with Crippen molar-refractivity contribution in [2.45, 2.75) is 12.8 Å². The average Bonchev–Trinajstić information content (AvgIpc) is 3.71. The highest BCUT2D eigenvalue weighted by atomic mass is 14.7. The van der Waals surface area contributed by atoms with Crippen molar-refractivity contribution in [3.05, 3.63) is 180 Å². The average molecular weight is 622 g/mol. The fourth-order valence-electron chi connectivity index (χ4n) is 8.94. The minimum atomic E-state index is 0.844. The van der Waals surface area contributed by atoms with E-state index in [1.807, 2.05) is 0 Å². The molecule has 0 amide bonds. The van der Waals surface area contributed by atoms with E-state index >= 15 is 0 Å². The number of aromatic nitrogens is 1. The number of hydrogen-bond acceptors (Lipinski definition) is 0. The topological polar surface area (TPSA) is 15.8 Å². The summed E-state index contributed by atoms with van der Waals surface area (Å²) in [7, 11) is 0. The Morgan fingerprint density at radius 2 is 0.714 bits per heavy atom. The molecule has 0 fully saturated rings. The van der Waals surface area contributed by atoms with Gasteiger partial charge in [-0.1, -0.05) is 146 Å². The summed E-state index contributed by atoms with van der Waals surface area (Å²) in [6.07, 6.45) is 1.69. The van der Waals surface area contributed by atoms with Gasteiger partial charge in [0, 0.05) is 35.0 Å². The van der Waals surface area contributed by atoms with Gasteiger partial charge in [-0.3, -0.25) is 0 Å². The Morgan fingerprint density at radius 1 is 0.327 bits per heavy atom. The van der Waals surface area contributed by atoms with Crippen molar-refractivity contribution in [3.63, 3.8) is 0 Å². The van der Waals surface area contributed by atoms with E-state index in [0.29, 0.717) is 0 Å². The molecule has 0 spiro atoms. The van der Waals surface area contributed by atoms with Crippen LogP contribution >= 0.6 is 0 Å². The van der Waals surface area contributed by atoms with Crippen molar-refractivity contribution in [3.8, 4) is 22.3 Å². The van der Waals surface area contributed by atoms with Crippen LogP contribution in [0.1, 0.15) is 22.5 Å². The summed E-state index contributed by atoms with van der Waals surface area (Å²) in [5, 5.41) is 16.4. The lowest BCUT2D eigenvalue weighted by Gasteiger charge is -2.15. The number of rotatable bonds is 6. The van der Waals surface area contributed by atoms with Crippen molar-refractivity contribution < 1.29 is 0 Å². The van der Waals surface area contributed by atoms with Crippen LogP contribution in [-0.2, 0) is 12.8 Å². The minimum absolute atomic E-state index is 0.844. The Labute approximate surface area is 284 Å². The van der Waals surface area contributed by atoms with E-state index in [1.54, 1.807) is 0 Å². The van der Waals surface area contributed by atoms with Crippen LogP contribution in [0, 0.1) is 0 Å². The molecule has 0 aliphatic carbocycles. The normalized spacial score (nSPS) is 12.2. The smallest absolute Gasteiger partial charge is 0.0280 e. The number of fused-ring (bicyclic) bond motifs is 3. The Balaban J connectivity index is 1.39. The van der Waals surface area contributed by atoms with Gasteiger partial charge in [0.1, 0.15) is 0 Å². The van der Waals surface area contributed by atoms with Crippen LogP contribution in [0.2, 0.25) is 0 Å². The maximum atomic E-state index is 4.08. The second-order valence-corrected chi connectivity index (χ2v) is 13.7. The van der Waals surface area contributed by atoms with E-state index in [4.69, 9.17) is 0 Å². The van der Waals surface area contributed by atoms with Gasteiger partial charge in [0.25, 0.3) is 0 Å². The summed E-state index contributed by atoms with van der Waals surface area (Å²) < 4.78 is 0. The predicted octanol–water partition coefficient (Wildman–Crippen LogP) is 12.8. The molecule has 0 aliphatic heterocycles. The summed E-state index contributed by atoms with van der Waals surface area (Å²) >= 11 is 0. The summed E-state index contributed by atoms with van der Waals surface area (Å²) in [5.41, 5.74) is 10.3. The molecule has 1 N–H and O–H groups in total. The standard InChI is InChI=1S/C48H31N/c1-5-13-29(14-6-1)25-40-43-38-27-36(31-17-9-3-10-18-31)34-23-21-33-22-24-35-37(32-19-11-4-12-20-32)28-39(48-46(35)42(33)45(34)47(38)48)44(43)41(49-40)26-30-15-7-2-8-16-30/h1-24,27-28,49H,25-26H2. The van der Waals surface area contributed by atoms with Gasteiger partial charge in [0.15, 0.2) is 0 Å². The third kappa shape index (κ3) is 3.82. The zero-order valence-electron chi connectivity index (χ0n) is 26.9. The van der Waals surface area contributed by atoms with Crippen LogP contribution in [0.15, 0.2) is 158 Å². The second kappa shape index (κ2) is 10.2. The van der Waals surface area contributed by atoms with E-state index in [1.165, 1.54) is 109 Å². The highest BCUT2D eigenvalue weighted by molar-refractivity contribution is 6.50. The van der Waals surface area contributed by atoms with Crippen molar-refractivity contribution in [2.24, 2.45) is 0 Å². The van der Waals surface area contributed by atoms with E-state index in [2.05, 4.69) is 163 Å². The number of aromatic amines is 1. The zero-order valence-corrected chi connectivity index (χ0v) is 26.9. The third-order valence-electron chi connectivity index (χ3n) is 10.9. The molecule has 1 heteroatoms. The van der Waals surface area contributed by atoms with Crippen molar-refractivity contribution in [2.75, 3.05) is 0 Å². The van der Waals surface area contributed by atoms with Crippen LogP contribution in [-0.4, -0.2) is 4.98 Å². The highest BCUT2D eigenvalue weighted by Crippen LogP contribution is 2.55. The lowest BCUT2D eigenvalue weighted by molar-refractivity contribution is 1.05. The van der Waals surface area contributed by atoms with Gasteiger partial charge < -0.3 is 4.98 Å². The van der Waals surface area contributed by atoms with Gasteiger partial charge in [0.2, 0.25) is 0 Å². The molecule has 10 aromatic carbocycles. The monoisotopic (exact) mass is 621 g/mol. The molecule has 11 rings (SSSR count). The molecule has 0 atom stereocenters. The third-order valence-corrected chi connectivity index (χ3v) is 10.9. The van der Waals surface area contributed by atoms with E-state index in [0.717, 1.165) is 12.8 Å². The zero-order chi connectivity index (χ0) is 32.1. The molecule has 1 nitrogen and oxygen atoms in total. The summed E-state index contributed by atoms with van der Waals surface area (Å²) in [6, 6.07) is 58.3. The maximum Gasteiger partial charge on any atom is 0.0280 e. The Bertz CT molecular complexity index is 2740. The van der Waals surface area contributed by atoms with Gasteiger partial charge in [-0.2, -0.15) is 0 Å². The Kier molecular flexibility index (Phi) is 5.57. The molecule has 0 unspecified atom stereocenters. The van der Waals surface area contributed by atoms with Crippen molar-refractivity contribution in [1.82, 2.24) is 4.98 Å². The highest BCUT2D eigenvalue weighted by Gasteiger charge is 2.28. The lowest BCUT2D eigenvalue weighted by Crippen LogP contribution is -1.92. The Morgan fingerprint density at radius 3 is 1.14 bits per heavy atom. The predicted molar refractivity (Wildman–Crippen MR) is 209 cm³/mol. The van der Waals surface area contributed by atoms with Gasteiger partial charge in [-0.15, -0.1) is 0 Å². The molecule has 1 aromatic heterocycles. The molecule has 0 saturated heterocycles. The SMILES string of the molecule is c1ccc(Cc2[nH]c(Cc3ccccc3)c3c4cc(-c5ccccc5)c5ccc6ccc7c(-c8ccccc8)cc(c23)c2c7c6c5c42)cc1. The Hall–Kier alpha value is -6.18. The largest absolute Gasteiger partial charge is 0.361 e. The fraction of sp³-hybridized carbons (Fsp3) is 0.0417. The number of hydrogen-bond donors (Lipinski definition) is 1. The number of H-pyrrole nitrogens is 1. The first-order chi connectivity index (χ1) is 24.3. The summed E-state index contributed by atoms with van der Waals surface area (Å²) in [5.74, 6) is 0. The maximum absolute atomic E-state index is 4.08. The molecule has 1 heterocycles. The van der Waals surface area contributed by atoms with E-state index in [-0.39, 0.29) is 0 Å². The van der Waals surface area contributed by atoms with Crippen molar-refractivity contribution >= 4 is 64.6 Å². The lowest BCUT2D eigenvalue weighted by atomic mass is 9.87. The quantitative estimate of drug-likeness (QED) is 0.178. The van der Waals surface area contributed by atoms with Gasteiger partial charge in [-0.25, -0.2) is 0 Å². The molecule has 0 aliphatic rings. The van der Waals surface area contributed by atoms with Crippen LogP contribution in [0.25, 0.3) is 86.9 Å². The molecule has 228 valence electrons. The first-order valence-corrected chi connectivity index (χ1v) is 17.3. The molecular weight excluding hydrogens is 591 g/mol. The summed E-state index contributed by atoms with van der Waals surface area (Å²) in [6.45, 7) is 0. The van der Waals surface area contributed by atoms with Gasteiger partial charge in [-0.05, 0) is 99.4 Å². The first-order valence-electron chi connectivity index (χ1n) is 17.3. The first kappa shape index (κ1) is 26.8. The molecule has 0 saturated carbocycles. The number of benzene rings is 9. The van der Waals surface area contributed by atoms with Gasteiger partial charge in [0.05, 0.1) is 0 Å². The van der Waals surface area contributed by atoms with Crippen molar-refractivity contribution in [1.29, 1.82) is 0 Å². The molecule has 0 radical (unpaired) electrons. The summed E-state index contributed by atoms with van der Waals surface area (Å²) in [4.78, 5) is 4.08. The molecule has 49 heavy (non-hydrogen) atoms. The number of nitrogens with one attached hydrogen (secondary N) is 1. The minimum Gasteiger partial charge on any atom is -0.361 e. The van der Waals surface area contributed by atoms with Crippen LogP contribution in [0.3, 0.4) is 0 Å². The van der Waals surface area contributed by atoms with Crippen LogP contribution in [0.5, 0.6) is 0 Å². The van der Waals surface area contributed by atoms with Crippen LogP contribution < -0.4 is 0 Å². The van der Waals surface area contributed by atoms with Gasteiger partial charge >= 0.3 is 0 Å². The van der Waals surface area contributed by atoms with Crippen LogP contribution in [0.4, 0.5) is 0 Å².